The number of hydrogen-bond donors (Lipinski definition) is 1. The van der Waals surface area contributed by atoms with E-state index in [4.69, 9.17) is 9.47 Å². The van der Waals surface area contributed by atoms with Gasteiger partial charge in [0.2, 0.25) is 11.8 Å². The number of carbonyl (C=O) groups excluding carboxylic acids is 2. The van der Waals surface area contributed by atoms with E-state index in [1.807, 2.05) is 19.1 Å². The molecule has 2 aliphatic rings. The molecule has 1 fully saturated rings. The Morgan fingerprint density at radius 2 is 1.56 bits per heavy atom. The summed E-state index contributed by atoms with van der Waals surface area (Å²) in [6.07, 6.45) is 4.17. The first kappa shape index (κ1) is 17.5. The van der Waals surface area contributed by atoms with Crippen LogP contribution in [0.3, 0.4) is 0 Å². The average Bonchev–Trinajstić information content (AvgIpc) is 2.87. The van der Waals surface area contributed by atoms with Crippen molar-refractivity contribution >= 4 is 11.8 Å². The first-order chi connectivity index (χ1) is 12.1. The second kappa shape index (κ2) is 7.70. The molecule has 1 aliphatic carbocycles. The molecule has 0 aromatic heterocycles. The van der Waals surface area contributed by atoms with Crippen molar-refractivity contribution in [1.29, 1.82) is 0 Å². The number of rotatable bonds is 7. The minimum atomic E-state index is -0.924. The maximum absolute atomic E-state index is 12.4. The van der Waals surface area contributed by atoms with Gasteiger partial charge in [-0.2, -0.15) is 0 Å². The van der Waals surface area contributed by atoms with Crippen LogP contribution < -0.4 is 9.47 Å². The minimum Gasteiger partial charge on any atom is -0.494 e. The molecule has 134 valence electrons. The highest BCUT2D eigenvalue weighted by molar-refractivity contribution is 6.05. The number of carbonyl (C=O) groups is 2. The summed E-state index contributed by atoms with van der Waals surface area (Å²) in [5, 5.41) is 10.2. The van der Waals surface area contributed by atoms with Gasteiger partial charge < -0.3 is 14.6 Å². The van der Waals surface area contributed by atoms with Crippen LogP contribution in [0.1, 0.15) is 19.8 Å². The average molecular weight is 345 g/mol. The zero-order valence-corrected chi connectivity index (χ0v) is 14.3. The normalized spacial score (nSPS) is 23.5. The summed E-state index contributed by atoms with van der Waals surface area (Å²) in [5.74, 6) is 0.451. The third-order valence-corrected chi connectivity index (χ3v) is 4.57. The van der Waals surface area contributed by atoms with E-state index in [2.05, 4.69) is 0 Å². The van der Waals surface area contributed by atoms with Crippen molar-refractivity contribution in [3.8, 4) is 11.5 Å². The number of likely N-dealkylation sites (tertiary alicyclic amines) is 1. The van der Waals surface area contributed by atoms with Crippen LogP contribution in [0.15, 0.2) is 36.4 Å². The third kappa shape index (κ3) is 3.85. The molecule has 3 atom stereocenters. The van der Waals surface area contributed by atoms with E-state index in [0.717, 1.165) is 5.75 Å². The molecule has 1 aliphatic heterocycles. The van der Waals surface area contributed by atoms with Crippen LogP contribution in [0.25, 0.3) is 0 Å². The molecule has 1 aromatic carbocycles. The van der Waals surface area contributed by atoms with Crippen molar-refractivity contribution in [1.82, 2.24) is 4.90 Å². The molecule has 1 N–H and O–H groups in total. The van der Waals surface area contributed by atoms with Crippen LogP contribution in [0.4, 0.5) is 0 Å². The number of ether oxygens (including phenoxy) is 2. The van der Waals surface area contributed by atoms with Crippen molar-refractivity contribution in [2.24, 2.45) is 11.8 Å². The molecule has 1 aromatic rings. The van der Waals surface area contributed by atoms with Gasteiger partial charge >= 0.3 is 0 Å². The lowest BCUT2D eigenvalue weighted by molar-refractivity contribution is -0.141. The van der Waals surface area contributed by atoms with Gasteiger partial charge in [0.05, 0.1) is 25.0 Å². The Morgan fingerprint density at radius 1 is 1.04 bits per heavy atom. The summed E-state index contributed by atoms with van der Waals surface area (Å²) in [5.41, 5.74) is 0. The second-order valence-electron chi connectivity index (χ2n) is 6.31. The van der Waals surface area contributed by atoms with Crippen molar-refractivity contribution in [3.63, 3.8) is 0 Å². The van der Waals surface area contributed by atoms with Gasteiger partial charge in [-0.05, 0) is 44.0 Å². The van der Waals surface area contributed by atoms with Gasteiger partial charge in [-0.3, -0.25) is 14.5 Å². The highest BCUT2D eigenvalue weighted by Gasteiger charge is 2.47. The molecular weight excluding hydrogens is 322 g/mol. The first-order valence-electron chi connectivity index (χ1n) is 8.64. The predicted molar refractivity (Wildman–Crippen MR) is 91.2 cm³/mol. The van der Waals surface area contributed by atoms with Gasteiger partial charge in [0, 0.05) is 0 Å². The fourth-order valence-corrected chi connectivity index (χ4v) is 3.30. The maximum Gasteiger partial charge on any atom is 0.233 e. The number of benzene rings is 1. The Hall–Kier alpha value is -2.34. The molecule has 0 bridgehead atoms. The van der Waals surface area contributed by atoms with Crippen molar-refractivity contribution in [2.45, 2.75) is 25.9 Å². The fraction of sp³-hybridized carbons (Fsp3) is 0.474. The van der Waals surface area contributed by atoms with Gasteiger partial charge in [-0.25, -0.2) is 0 Å². The number of hydrogen-bond acceptors (Lipinski definition) is 5. The smallest absolute Gasteiger partial charge is 0.233 e. The number of amides is 2. The third-order valence-electron chi connectivity index (χ3n) is 4.57. The molecule has 6 nitrogen and oxygen atoms in total. The number of aliphatic hydroxyl groups is 1. The maximum atomic E-state index is 12.4. The number of nitrogens with zero attached hydrogens (tertiary/aromatic N) is 1. The molecule has 6 heteroatoms. The molecule has 0 spiro atoms. The van der Waals surface area contributed by atoms with Crippen LogP contribution in [-0.4, -0.2) is 47.7 Å². The summed E-state index contributed by atoms with van der Waals surface area (Å²) < 4.78 is 10.9. The number of β-amino-alcohol motifs (C(OH)–C–C–N with tert-alkyl or cyclic N) is 1. The topological polar surface area (TPSA) is 76.1 Å². The van der Waals surface area contributed by atoms with Gasteiger partial charge in [-0.15, -0.1) is 0 Å². The van der Waals surface area contributed by atoms with Crippen LogP contribution in [0.5, 0.6) is 11.5 Å². The van der Waals surface area contributed by atoms with Gasteiger partial charge in [-0.1, -0.05) is 12.2 Å². The van der Waals surface area contributed by atoms with Crippen LogP contribution in [-0.2, 0) is 9.59 Å². The molecule has 3 rings (SSSR count). The Balaban J connectivity index is 1.51. The number of imide groups is 1. The summed E-state index contributed by atoms with van der Waals surface area (Å²) in [6, 6.07) is 7.08. The Bertz CT molecular complexity index is 628. The minimum absolute atomic E-state index is 0.0125. The van der Waals surface area contributed by atoms with Gasteiger partial charge in [0.25, 0.3) is 0 Å². The standard InChI is InChI=1S/C19H23NO5/c1-2-24-14-7-9-15(10-8-14)25-12-13(21)11-20-18(22)16-5-3-4-6-17(16)19(20)23/h3-4,7-10,13,16-17,21H,2,5-6,11-12H2,1H3/t13-,16-,17-/m1/s1. The fourth-order valence-electron chi connectivity index (χ4n) is 3.30. The van der Waals surface area contributed by atoms with E-state index in [1.165, 1.54) is 4.90 Å². The van der Waals surface area contributed by atoms with Crippen LogP contribution in [0, 0.1) is 11.8 Å². The molecule has 0 saturated carbocycles. The molecule has 1 heterocycles. The zero-order chi connectivity index (χ0) is 17.8. The predicted octanol–water partition coefficient (Wildman–Crippen LogP) is 1.78. The summed E-state index contributed by atoms with van der Waals surface area (Å²) in [7, 11) is 0. The van der Waals surface area contributed by atoms with Crippen LogP contribution in [0.2, 0.25) is 0 Å². The lowest BCUT2D eigenvalue weighted by atomic mass is 9.85. The van der Waals surface area contributed by atoms with E-state index >= 15 is 0 Å². The van der Waals surface area contributed by atoms with E-state index in [1.54, 1.807) is 24.3 Å². The molecule has 1 saturated heterocycles. The SMILES string of the molecule is CCOc1ccc(OC[C@H](O)CN2C(=O)[C@@H]3CC=CC[C@H]3C2=O)cc1. The largest absolute Gasteiger partial charge is 0.494 e. The Labute approximate surface area is 147 Å². The highest BCUT2D eigenvalue weighted by atomic mass is 16.5. The van der Waals surface area contributed by atoms with Crippen molar-refractivity contribution < 1.29 is 24.2 Å². The Morgan fingerprint density at radius 3 is 2.08 bits per heavy atom. The monoisotopic (exact) mass is 345 g/mol. The van der Waals surface area contributed by atoms with E-state index in [0.29, 0.717) is 25.2 Å². The zero-order valence-electron chi connectivity index (χ0n) is 14.3. The molecule has 2 amide bonds. The van der Waals surface area contributed by atoms with Crippen LogP contribution >= 0.6 is 0 Å². The van der Waals surface area contributed by atoms with E-state index in [-0.39, 0.29) is 36.8 Å². The molecular formula is C19H23NO5. The quantitative estimate of drug-likeness (QED) is 0.602. The second-order valence-corrected chi connectivity index (χ2v) is 6.31. The Kier molecular flexibility index (Phi) is 5.38. The van der Waals surface area contributed by atoms with E-state index in [9.17, 15) is 14.7 Å². The number of fused-ring (bicyclic) bond motifs is 1. The molecule has 0 unspecified atom stereocenters. The summed E-state index contributed by atoms with van der Waals surface area (Å²) in [6.45, 7) is 2.49. The van der Waals surface area contributed by atoms with Gasteiger partial charge in [0.15, 0.2) is 0 Å². The van der Waals surface area contributed by atoms with Crippen molar-refractivity contribution in [2.75, 3.05) is 19.8 Å². The number of allylic oxidation sites excluding steroid dienone is 2. The lowest BCUT2D eigenvalue weighted by Gasteiger charge is -2.19. The van der Waals surface area contributed by atoms with E-state index < -0.39 is 6.10 Å². The van der Waals surface area contributed by atoms with Crippen molar-refractivity contribution in [3.05, 3.63) is 36.4 Å². The summed E-state index contributed by atoms with van der Waals surface area (Å²) >= 11 is 0. The lowest BCUT2D eigenvalue weighted by Crippen LogP contribution is -2.40. The molecule has 25 heavy (non-hydrogen) atoms. The summed E-state index contributed by atoms with van der Waals surface area (Å²) in [4.78, 5) is 25.9. The van der Waals surface area contributed by atoms with Gasteiger partial charge in [0.1, 0.15) is 24.2 Å². The molecule has 0 radical (unpaired) electrons. The highest BCUT2D eigenvalue weighted by Crippen LogP contribution is 2.35. The number of aliphatic hydroxyl groups excluding tert-OH is 1. The first-order valence-corrected chi connectivity index (χ1v) is 8.64.